The molecule has 0 saturated carbocycles. The molecule has 2 aromatic rings. The van der Waals surface area contributed by atoms with E-state index in [1.54, 1.807) is 0 Å². The monoisotopic (exact) mass is 427 g/mol. The van der Waals surface area contributed by atoms with Crippen molar-refractivity contribution in [1.29, 1.82) is 0 Å². The molecule has 4 rings (SSSR count). The van der Waals surface area contributed by atoms with Crippen molar-refractivity contribution in [2.45, 2.75) is 41.5 Å². The highest BCUT2D eigenvalue weighted by molar-refractivity contribution is 6.03. The second-order valence-corrected chi connectivity index (χ2v) is 8.46. The molecule has 0 unspecified atom stereocenters. The third-order valence-corrected chi connectivity index (χ3v) is 6.63. The van der Waals surface area contributed by atoms with Gasteiger partial charge in [0.05, 0.1) is 6.07 Å². The Morgan fingerprint density at radius 2 is 1.50 bits per heavy atom. The number of aryl methyl sites for hydroxylation is 2. The Morgan fingerprint density at radius 3 is 2.12 bits per heavy atom. The molecule has 0 amide bonds. The topological polar surface area (TPSA) is 19.4 Å². The van der Waals surface area contributed by atoms with Crippen LogP contribution in [-0.4, -0.2) is 26.2 Å². The van der Waals surface area contributed by atoms with Gasteiger partial charge in [0, 0.05) is 46.9 Å². The third-order valence-electron chi connectivity index (χ3n) is 6.63. The van der Waals surface area contributed by atoms with E-state index in [1.165, 1.54) is 44.2 Å². The maximum Gasteiger partial charge on any atom is 0.206 e. The second-order valence-electron chi connectivity index (χ2n) is 8.46. The average molecular weight is 428 g/mol. The zero-order valence-electron chi connectivity index (χ0n) is 20.3. The molecule has 0 fully saturated rings. The van der Waals surface area contributed by atoms with Crippen LogP contribution in [0.2, 0.25) is 0 Å². The van der Waals surface area contributed by atoms with E-state index in [9.17, 15) is 0 Å². The van der Waals surface area contributed by atoms with Crippen LogP contribution in [0.3, 0.4) is 0 Å². The SMILES string of the molecule is CCN(CC)c1cc2oc3cc(=[N+](CC)CC)c(C)cc-3c(-c3ccccc3)c2cc1C. The summed E-state index contributed by atoms with van der Waals surface area (Å²) in [7, 11) is 0. The van der Waals surface area contributed by atoms with Crippen molar-refractivity contribution >= 4 is 16.7 Å². The predicted octanol–water partition coefficient (Wildman–Crippen LogP) is 6.48. The molecule has 0 bridgehead atoms. The number of anilines is 1. The molecule has 0 aromatic heterocycles. The van der Waals surface area contributed by atoms with Crippen LogP contribution < -0.4 is 14.8 Å². The molecule has 3 heteroatoms. The number of benzene rings is 3. The fourth-order valence-corrected chi connectivity index (χ4v) is 4.90. The normalized spacial score (nSPS) is 11.3. The summed E-state index contributed by atoms with van der Waals surface area (Å²) in [4.78, 5) is 2.40. The summed E-state index contributed by atoms with van der Waals surface area (Å²) in [5.74, 6) is 0.943. The quantitative estimate of drug-likeness (QED) is 0.259. The van der Waals surface area contributed by atoms with Gasteiger partial charge in [0.25, 0.3) is 0 Å². The van der Waals surface area contributed by atoms with Crippen molar-refractivity contribution in [3.05, 3.63) is 71.1 Å². The lowest BCUT2D eigenvalue weighted by Gasteiger charge is -2.24. The van der Waals surface area contributed by atoms with Crippen LogP contribution in [0.15, 0.2) is 59.0 Å². The minimum absolute atomic E-state index is 0.943. The fourth-order valence-electron chi connectivity index (χ4n) is 4.90. The zero-order chi connectivity index (χ0) is 22.8. The molecule has 0 saturated heterocycles. The highest BCUT2D eigenvalue weighted by atomic mass is 16.3. The van der Waals surface area contributed by atoms with Crippen LogP contribution in [0.1, 0.15) is 38.8 Å². The highest BCUT2D eigenvalue weighted by Gasteiger charge is 2.21. The summed E-state index contributed by atoms with van der Waals surface area (Å²) in [6.07, 6.45) is 0. The summed E-state index contributed by atoms with van der Waals surface area (Å²) in [6.45, 7) is 17.2. The van der Waals surface area contributed by atoms with E-state index < -0.39 is 0 Å². The van der Waals surface area contributed by atoms with Crippen molar-refractivity contribution in [1.82, 2.24) is 4.58 Å². The summed E-state index contributed by atoms with van der Waals surface area (Å²) in [5, 5.41) is 2.42. The molecule has 1 aliphatic heterocycles. The summed E-state index contributed by atoms with van der Waals surface area (Å²) < 4.78 is 9.02. The standard InChI is InChI=1S/C29H35N2O/c1-7-30(8-2)25-18-27-23(16-20(25)5)29(22-14-12-11-13-15-22)24-17-21(6)26(19-28(24)32-27)31(9-3)10-4/h11-19H,7-10H2,1-6H3/q+1. The Kier molecular flexibility index (Phi) is 6.36. The number of hydrogen-bond acceptors (Lipinski definition) is 2. The Hall–Kier alpha value is -3.07. The first kappa shape index (κ1) is 22.1. The van der Waals surface area contributed by atoms with E-state index in [0.717, 1.165) is 37.5 Å². The first-order valence-corrected chi connectivity index (χ1v) is 11.9. The Bertz CT molecular complexity index is 1270. The molecule has 0 N–H and O–H groups in total. The van der Waals surface area contributed by atoms with E-state index in [1.807, 2.05) is 0 Å². The van der Waals surface area contributed by atoms with Gasteiger partial charge in [-0.1, -0.05) is 30.3 Å². The van der Waals surface area contributed by atoms with Gasteiger partial charge in [0.2, 0.25) is 5.36 Å². The first-order valence-electron chi connectivity index (χ1n) is 11.9. The predicted molar refractivity (Wildman–Crippen MR) is 138 cm³/mol. The number of hydrogen-bond donors (Lipinski definition) is 0. The van der Waals surface area contributed by atoms with Gasteiger partial charge in [-0.25, -0.2) is 4.58 Å². The van der Waals surface area contributed by atoms with Gasteiger partial charge in [-0.05, 0) is 64.8 Å². The van der Waals surface area contributed by atoms with Crippen LogP contribution in [0.4, 0.5) is 5.69 Å². The van der Waals surface area contributed by atoms with Gasteiger partial charge in [-0.3, -0.25) is 0 Å². The van der Waals surface area contributed by atoms with E-state index in [-0.39, 0.29) is 0 Å². The van der Waals surface area contributed by atoms with Crippen LogP contribution in [0.25, 0.3) is 33.4 Å². The van der Waals surface area contributed by atoms with Gasteiger partial charge >= 0.3 is 0 Å². The van der Waals surface area contributed by atoms with E-state index in [2.05, 4.69) is 106 Å². The molecule has 32 heavy (non-hydrogen) atoms. The van der Waals surface area contributed by atoms with Crippen LogP contribution in [-0.2, 0) is 0 Å². The Balaban J connectivity index is 2.16. The molecule has 2 aromatic carbocycles. The summed E-state index contributed by atoms with van der Waals surface area (Å²) in [6, 6.07) is 19.8. The lowest BCUT2D eigenvalue weighted by molar-refractivity contribution is 0.602. The molecule has 166 valence electrons. The molecular weight excluding hydrogens is 392 g/mol. The number of fused-ring (bicyclic) bond motifs is 2. The maximum absolute atomic E-state index is 6.62. The minimum atomic E-state index is 0.943. The van der Waals surface area contributed by atoms with Gasteiger partial charge in [0.1, 0.15) is 24.4 Å². The summed E-state index contributed by atoms with van der Waals surface area (Å²) >= 11 is 0. The van der Waals surface area contributed by atoms with E-state index in [4.69, 9.17) is 4.42 Å². The Morgan fingerprint density at radius 1 is 0.812 bits per heavy atom. The summed E-state index contributed by atoms with van der Waals surface area (Å²) in [5.41, 5.74) is 8.41. The molecule has 3 nitrogen and oxygen atoms in total. The molecule has 0 radical (unpaired) electrons. The second kappa shape index (κ2) is 9.20. The lowest BCUT2D eigenvalue weighted by Crippen LogP contribution is -2.31. The molecule has 2 aliphatic rings. The molecule has 0 atom stereocenters. The van der Waals surface area contributed by atoms with Crippen LogP contribution in [0.5, 0.6) is 0 Å². The van der Waals surface area contributed by atoms with Crippen LogP contribution >= 0.6 is 0 Å². The average Bonchev–Trinajstić information content (AvgIpc) is 2.81. The molecular formula is C29H35N2O+. The van der Waals surface area contributed by atoms with Crippen LogP contribution in [0, 0.1) is 13.8 Å². The number of rotatable bonds is 6. The van der Waals surface area contributed by atoms with Crippen molar-refractivity contribution < 1.29 is 4.42 Å². The van der Waals surface area contributed by atoms with Crippen molar-refractivity contribution in [3.63, 3.8) is 0 Å². The van der Waals surface area contributed by atoms with Gasteiger partial charge in [0.15, 0.2) is 0 Å². The van der Waals surface area contributed by atoms with Crippen molar-refractivity contribution in [3.8, 4) is 22.5 Å². The lowest BCUT2D eigenvalue weighted by atomic mass is 9.91. The van der Waals surface area contributed by atoms with Gasteiger partial charge < -0.3 is 9.32 Å². The molecule has 1 heterocycles. The van der Waals surface area contributed by atoms with Crippen molar-refractivity contribution in [2.24, 2.45) is 0 Å². The van der Waals surface area contributed by atoms with Crippen molar-refractivity contribution in [2.75, 3.05) is 31.1 Å². The van der Waals surface area contributed by atoms with Gasteiger partial charge in [-0.2, -0.15) is 0 Å². The smallest absolute Gasteiger partial charge is 0.206 e. The minimum Gasteiger partial charge on any atom is -0.456 e. The van der Waals surface area contributed by atoms with E-state index >= 15 is 0 Å². The highest BCUT2D eigenvalue weighted by Crippen LogP contribution is 2.42. The third kappa shape index (κ3) is 3.81. The van der Waals surface area contributed by atoms with Gasteiger partial charge in [-0.15, -0.1) is 0 Å². The zero-order valence-corrected chi connectivity index (χ0v) is 20.3. The fraction of sp³-hybridized carbons (Fsp3) is 0.345. The number of nitrogens with zero attached hydrogens (tertiary/aromatic N) is 2. The molecule has 0 spiro atoms. The largest absolute Gasteiger partial charge is 0.456 e. The van der Waals surface area contributed by atoms with E-state index in [0.29, 0.717) is 0 Å². The first-order chi connectivity index (χ1) is 15.5. The Labute approximate surface area is 192 Å². The maximum atomic E-state index is 6.62. The molecule has 1 aliphatic carbocycles.